The van der Waals surface area contributed by atoms with Crippen LogP contribution in [0.4, 0.5) is 0 Å². The summed E-state index contributed by atoms with van der Waals surface area (Å²) in [6, 6.07) is 0. The molecule has 3 N–H and O–H groups in total. The number of aliphatic hydroxyl groups excluding tert-OH is 1. The lowest BCUT2D eigenvalue weighted by atomic mass is 10.3. The van der Waals surface area contributed by atoms with Crippen LogP contribution in [0.15, 0.2) is 11.8 Å². The summed E-state index contributed by atoms with van der Waals surface area (Å²) >= 11 is 0. The van der Waals surface area contributed by atoms with Crippen molar-refractivity contribution in [3.8, 4) is 0 Å². The van der Waals surface area contributed by atoms with E-state index in [2.05, 4.69) is 5.32 Å². The molecule has 0 heterocycles. The van der Waals surface area contributed by atoms with Gasteiger partial charge in [-0.15, -0.1) is 0 Å². The molecule has 58 valence electrons. The highest BCUT2D eigenvalue weighted by Crippen LogP contribution is 1.90. The number of carboxylic acid groups (broad SMARTS) is 1. The SMILES string of the molecule is CNC(=CCCO)C(=O)O. The molecule has 0 aliphatic rings. The fourth-order valence-corrected chi connectivity index (χ4v) is 0.505. The fourth-order valence-electron chi connectivity index (χ4n) is 0.505. The molecular formula is C6H11NO3. The van der Waals surface area contributed by atoms with Gasteiger partial charge in [0.1, 0.15) is 5.70 Å². The smallest absolute Gasteiger partial charge is 0.351 e. The standard InChI is InChI=1S/C6H11NO3/c1-7-5(6(9)10)3-2-4-8/h3,7-8H,2,4H2,1H3,(H,9,10). The van der Waals surface area contributed by atoms with Gasteiger partial charge in [-0.25, -0.2) is 4.79 Å². The van der Waals surface area contributed by atoms with E-state index in [-0.39, 0.29) is 12.3 Å². The van der Waals surface area contributed by atoms with E-state index in [1.54, 1.807) is 0 Å². The molecule has 0 fully saturated rings. The van der Waals surface area contributed by atoms with Crippen molar-refractivity contribution in [1.82, 2.24) is 5.32 Å². The van der Waals surface area contributed by atoms with Gasteiger partial charge in [0.05, 0.1) is 0 Å². The molecule has 0 saturated heterocycles. The summed E-state index contributed by atoms with van der Waals surface area (Å²) in [7, 11) is 1.53. The van der Waals surface area contributed by atoms with E-state index in [1.165, 1.54) is 13.1 Å². The maximum absolute atomic E-state index is 10.2. The van der Waals surface area contributed by atoms with Crippen LogP contribution >= 0.6 is 0 Å². The van der Waals surface area contributed by atoms with Crippen molar-refractivity contribution in [1.29, 1.82) is 0 Å². The predicted molar refractivity (Wildman–Crippen MR) is 36.5 cm³/mol. The van der Waals surface area contributed by atoms with Crippen molar-refractivity contribution in [2.75, 3.05) is 13.7 Å². The molecule has 0 amide bonds. The first-order valence-electron chi connectivity index (χ1n) is 2.94. The minimum Gasteiger partial charge on any atom is -0.477 e. The lowest BCUT2D eigenvalue weighted by Gasteiger charge is -1.98. The minimum absolute atomic E-state index is 0.0293. The molecule has 4 nitrogen and oxygen atoms in total. The van der Waals surface area contributed by atoms with Gasteiger partial charge in [-0.2, -0.15) is 0 Å². The molecule has 0 radical (unpaired) electrons. The van der Waals surface area contributed by atoms with Crippen LogP contribution in [0.5, 0.6) is 0 Å². The molecule has 0 saturated carbocycles. The molecule has 0 aromatic rings. The van der Waals surface area contributed by atoms with E-state index in [0.29, 0.717) is 6.42 Å². The summed E-state index contributed by atoms with van der Waals surface area (Å²) in [5, 5.41) is 19.2. The van der Waals surface area contributed by atoms with Gasteiger partial charge in [0, 0.05) is 13.7 Å². The Kier molecular flexibility index (Phi) is 4.32. The number of carbonyl (C=O) groups is 1. The van der Waals surface area contributed by atoms with Crippen molar-refractivity contribution in [2.45, 2.75) is 6.42 Å². The highest BCUT2D eigenvalue weighted by molar-refractivity contribution is 5.85. The molecule has 0 aromatic heterocycles. The number of likely N-dealkylation sites (N-methyl/N-ethyl adjacent to an activating group) is 1. The lowest BCUT2D eigenvalue weighted by Crippen LogP contribution is -2.15. The van der Waals surface area contributed by atoms with Crippen molar-refractivity contribution in [3.05, 3.63) is 11.8 Å². The molecule has 0 rings (SSSR count). The van der Waals surface area contributed by atoms with E-state index in [0.717, 1.165) is 0 Å². The zero-order valence-corrected chi connectivity index (χ0v) is 5.79. The van der Waals surface area contributed by atoms with Crippen LogP contribution in [0.1, 0.15) is 6.42 Å². The van der Waals surface area contributed by atoms with E-state index in [4.69, 9.17) is 10.2 Å². The number of carboxylic acids is 1. The molecule has 0 aromatic carbocycles. The molecular weight excluding hydrogens is 134 g/mol. The van der Waals surface area contributed by atoms with Crippen molar-refractivity contribution in [2.24, 2.45) is 0 Å². The first kappa shape index (κ1) is 8.97. The summed E-state index contributed by atoms with van der Waals surface area (Å²) in [6.07, 6.45) is 1.80. The first-order valence-corrected chi connectivity index (χ1v) is 2.94. The van der Waals surface area contributed by atoms with Crippen LogP contribution in [0.2, 0.25) is 0 Å². The monoisotopic (exact) mass is 145 g/mol. The molecule has 0 aliphatic heterocycles. The average Bonchev–Trinajstić information content (AvgIpc) is 1.89. The third-order valence-electron chi connectivity index (χ3n) is 0.977. The molecule has 0 unspecified atom stereocenters. The molecule has 0 atom stereocenters. The van der Waals surface area contributed by atoms with E-state index >= 15 is 0 Å². The zero-order valence-electron chi connectivity index (χ0n) is 5.79. The van der Waals surface area contributed by atoms with Gasteiger partial charge >= 0.3 is 5.97 Å². The van der Waals surface area contributed by atoms with Crippen molar-refractivity contribution in [3.63, 3.8) is 0 Å². The Morgan fingerprint density at radius 2 is 2.30 bits per heavy atom. The number of aliphatic carboxylic acids is 1. The van der Waals surface area contributed by atoms with Gasteiger partial charge in [-0.3, -0.25) is 0 Å². The van der Waals surface area contributed by atoms with Crippen LogP contribution in [0.25, 0.3) is 0 Å². The summed E-state index contributed by atoms with van der Waals surface area (Å²) < 4.78 is 0. The maximum Gasteiger partial charge on any atom is 0.351 e. The topological polar surface area (TPSA) is 69.6 Å². The second-order valence-electron chi connectivity index (χ2n) is 1.69. The van der Waals surface area contributed by atoms with Gasteiger partial charge < -0.3 is 15.5 Å². The van der Waals surface area contributed by atoms with Gasteiger partial charge in [0.15, 0.2) is 0 Å². The second kappa shape index (κ2) is 4.81. The number of hydrogen-bond acceptors (Lipinski definition) is 3. The highest BCUT2D eigenvalue weighted by Gasteiger charge is 2.01. The lowest BCUT2D eigenvalue weighted by molar-refractivity contribution is -0.133. The van der Waals surface area contributed by atoms with Gasteiger partial charge in [0.2, 0.25) is 0 Å². The minimum atomic E-state index is -1.00. The Morgan fingerprint density at radius 1 is 1.70 bits per heavy atom. The van der Waals surface area contributed by atoms with Crippen LogP contribution in [0, 0.1) is 0 Å². The largest absolute Gasteiger partial charge is 0.477 e. The van der Waals surface area contributed by atoms with Gasteiger partial charge in [-0.05, 0) is 6.42 Å². The number of hydrogen-bond donors (Lipinski definition) is 3. The van der Waals surface area contributed by atoms with E-state index < -0.39 is 5.97 Å². The van der Waals surface area contributed by atoms with Crippen LogP contribution in [-0.2, 0) is 4.79 Å². The third-order valence-corrected chi connectivity index (χ3v) is 0.977. The van der Waals surface area contributed by atoms with Crippen LogP contribution < -0.4 is 5.32 Å². The van der Waals surface area contributed by atoms with Gasteiger partial charge in [0.25, 0.3) is 0 Å². The third kappa shape index (κ3) is 3.09. The summed E-state index contributed by atoms with van der Waals surface area (Å²) in [4.78, 5) is 10.2. The quantitative estimate of drug-likeness (QED) is 0.469. The van der Waals surface area contributed by atoms with Gasteiger partial charge in [-0.1, -0.05) is 6.08 Å². The number of nitrogens with one attached hydrogen (secondary N) is 1. The van der Waals surface area contributed by atoms with E-state index in [1.807, 2.05) is 0 Å². The van der Waals surface area contributed by atoms with Crippen molar-refractivity contribution >= 4 is 5.97 Å². The van der Waals surface area contributed by atoms with E-state index in [9.17, 15) is 4.79 Å². The second-order valence-corrected chi connectivity index (χ2v) is 1.69. The van der Waals surface area contributed by atoms with Crippen molar-refractivity contribution < 1.29 is 15.0 Å². The Hall–Kier alpha value is -1.03. The average molecular weight is 145 g/mol. The molecule has 0 bridgehead atoms. The molecule has 0 spiro atoms. The molecule has 4 heteroatoms. The molecule has 10 heavy (non-hydrogen) atoms. The summed E-state index contributed by atoms with van der Waals surface area (Å²) in [6.45, 7) is -0.0293. The Morgan fingerprint density at radius 3 is 2.60 bits per heavy atom. The zero-order chi connectivity index (χ0) is 7.98. The Balaban J connectivity index is 3.91. The molecule has 0 aliphatic carbocycles. The first-order chi connectivity index (χ1) is 4.72. The summed E-state index contributed by atoms with van der Waals surface area (Å²) in [5.41, 5.74) is 0.119. The predicted octanol–water partition coefficient (Wildman–Crippen LogP) is -0.443. The van der Waals surface area contributed by atoms with Crippen LogP contribution in [-0.4, -0.2) is 29.8 Å². The maximum atomic E-state index is 10.2. The van der Waals surface area contributed by atoms with Crippen LogP contribution in [0.3, 0.4) is 0 Å². The Labute approximate surface area is 59.2 Å². The highest BCUT2D eigenvalue weighted by atomic mass is 16.4. The normalized spacial score (nSPS) is 11.2. The fraction of sp³-hybridized carbons (Fsp3) is 0.500. The summed E-state index contributed by atoms with van der Waals surface area (Å²) in [5.74, 6) is -1.00. The number of aliphatic hydroxyl groups is 1. The Bertz CT molecular complexity index is 142. The number of rotatable bonds is 4.